The molecule has 0 spiro atoms. The van der Waals surface area contributed by atoms with E-state index in [0.717, 1.165) is 12.8 Å². The zero-order valence-corrected chi connectivity index (χ0v) is 18.7. The predicted octanol–water partition coefficient (Wildman–Crippen LogP) is 3.25. The van der Waals surface area contributed by atoms with Gasteiger partial charge in [-0.15, -0.1) is 0 Å². The van der Waals surface area contributed by atoms with Crippen molar-refractivity contribution in [3.05, 3.63) is 41.6 Å². The number of benzene rings is 1. The first-order valence-electron chi connectivity index (χ1n) is 11.0. The lowest BCUT2D eigenvalue weighted by molar-refractivity contribution is 0.0708. The second kappa shape index (κ2) is 9.35. The molecule has 3 heterocycles. The molecule has 32 heavy (non-hydrogen) atoms. The number of nitriles is 1. The van der Waals surface area contributed by atoms with Gasteiger partial charge in [0.15, 0.2) is 11.6 Å². The molecule has 8 nitrogen and oxygen atoms in total. The van der Waals surface area contributed by atoms with E-state index in [-0.39, 0.29) is 18.0 Å². The number of likely N-dealkylation sites (tertiary alicyclic amines) is 1. The largest absolute Gasteiger partial charge is 0.493 e. The molecule has 4 rings (SSSR count). The molecule has 1 aromatic carbocycles. The maximum absolute atomic E-state index is 13.6. The molecule has 168 valence electrons. The maximum Gasteiger partial charge on any atom is 0.261 e. The molecular weight excluding hydrogens is 408 g/mol. The number of aromatic nitrogens is 1. The minimum absolute atomic E-state index is 0.0836. The summed E-state index contributed by atoms with van der Waals surface area (Å²) < 4.78 is 17.0. The number of piperazine rings is 1. The molecule has 2 aliphatic rings. The van der Waals surface area contributed by atoms with E-state index in [1.165, 1.54) is 0 Å². The molecule has 2 aromatic rings. The Hall–Kier alpha value is -3.47. The normalized spacial score (nSPS) is 19.4. The van der Waals surface area contributed by atoms with E-state index >= 15 is 0 Å². The molecule has 1 amide bonds. The first kappa shape index (κ1) is 21.8. The Morgan fingerprint density at radius 1 is 1.12 bits per heavy atom. The Bertz CT molecular complexity index is 997. The Morgan fingerprint density at radius 2 is 1.75 bits per heavy atom. The number of anilines is 1. The van der Waals surface area contributed by atoms with Gasteiger partial charge in [0.25, 0.3) is 5.91 Å². The predicted molar refractivity (Wildman–Crippen MR) is 119 cm³/mol. The molecule has 2 aliphatic heterocycles. The van der Waals surface area contributed by atoms with Crippen LogP contribution in [0.4, 0.5) is 5.82 Å². The van der Waals surface area contributed by atoms with Crippen molar-refractivity contribution in [3.8, 4) is 23.3 Å². The van der Waals surface area contributed by atoms with Gasteiger partial charge in [-0.25, -0.2) is 4.98 Å². The summed E-state index contributed by atoms with van der Waals surface area (Å²) in [7, 11) is 1.56. The third-order valence-corrected chi connectivity index (χ3v) is 6.03. The van der Waals surface area contributed by atoms with Crippen LogP contribution < -0.4 is 19.1 Å². The fourth-order valence-electron chi connectivity index (χ4n) is 4.76. The number of fused-ring (bicyclic) bond motifs is 2. The highest BCUT2D eigenvalue weighted by molar-refractivity contribution is 6.00. The average Bonchev–Trinajstić information content (AvgIpc) is 3.07. The van der Waals surface area contributed by atoms with E-state index in [4.69, 9.17) is 14.2 Å². The van der Waals surface area contributed by atoms with Crippen molar-refractivity contribution in [1.82, 2.24) is 9.88 Å². The number of hydrogen-bond donors (Lipinski definition) is 0. The molecule has 8 heteroatoms. The van der Waals surface area contributed by atoms with Crippen molar-refractivity contribution in [3.63, 3.8) is 0 Å². The number of methoxy groups -OCH3 is 1. The quantitative estimate of drug-likeness (QED) is 0.658. The van der Waals surface area contributed by atoms with Gasteiger partial charge in [0.05, 0.1) is 25.9 Å². The second-order valence-electron chi connectivity index (χ2n) is 7.82. The van der Waals surface area contributed by atoms with Crippen LogP contribution in [0.1, 0.15) is 42.6 Å². The Kier molecular flexibility index (Phi) is 6.35. The first-order valence-corrected chi connectivity index (χ1v) is 11.0. The van der Waals surface area contributed by atoms with Gasteiger partial charge in [0.1, 0.15) is 23.1 Å². The summed E-state index contributed by atoms with van der Waals surface area (Å²) in [5.74, 6) is 2.18. The number of pyridine rings is 1. The molecule has 0 radical (unpaired) electrons. The Balaban J connectivity index is 1.63. The highest BCUT2D eigenvalue weighted by Crippen LogP contribution is 2.40. The van der Waals surface area contributed by atoms with Crippen LogP contribution in [0.25, 0.3) is 0 Å². The minimum atomic E-state index is -0.0836. The van der Waals surface area contributed by atoms with Crippen LogP contribution in [-0.2, 0) is 0 Å². The van der Waals surface area contributed by atoms with Gasteiger partial charge in [-0.2, -0.15) is 5.26 Å². The van der Waals surface area contributed by atoms with Crippen molar-refractivity contribution >= 4 is 11.7 Å². The van der Waals surface area contributed by atoms with Gasteiger partial charge < -0.3 is 24.0 Å². The van der Waals surface area contributed by atoms with Crippen LogP contribution in [0.5, 0.6) is 17.2 Å². The Morgan fingerprint density at radius 3 is 2.28 bits per heavy atom. The molecule has 2 bridgehead atoms. The number of nitrogens with zero attached hydrogens (tertiary/aromatic N) is 4. The van der Waals surface area contributed by atoms with Crippen molar-refractivity contribution in [2.75, 3.05) is 38.3 Å². The van der Waals surface area contributed by atoms with E-state index in [1.54, 1.807) is 19.4 Å². The molecule has 2 atom stereocenters. The fraction of sp³-hybridized carbons (Fsp3) is 0.458. The summed E-state index contributed by atoms with van der Waals surface area (Å²) in [5, 5.41) is 9.45. The second-order valence-corrected chi connectivity index (χ2v) is 7.82. The van der Waals surface area contributed by atoms with E-state index in [2.05, 4.69) is 16.0 Å². The molecule has 0 N–H and O–H groups in total. The number of hydrogen-bond acceptors (Lipinski definition) is 7. The lowest BCUT2D eigenvalue weighted by Gasteiger charge is -2.42. The standard InChI is InChI=1S/C24H28N4O4/c1-4-31-19-7-6-8-20(32-5-2)21(19)24(29)27-14-17-9-10-18(15-27)28(17)23-22(30-3)16(13-25)11-12-26-23/h6-8,11-12,17-18H,4-5,9-10,14-15H2,1-3H3. The van der Waals surface area contributed by atoms with Gasteiger partial charge in [-0.05, 0) is 44.9 Å². The highest BCUT2D eigenvalue weighted by atomic mass is 16.5. The summed E-state index contributed by atoms with van der Waals surface area (Å²) in [5.41, 5.74) is 0.939. The smallest absolute Gasteiger partial charge is 0.261 e. The van der Waals surface area contributed by atoms with Crippen LogP contribution >= 0.6 is 0 Å². The van der Waals surface area contributed by atoms with Gasteiger partial charge in [0.2, 0.25) is 0 Å². The summed E-state index contributed by atoms with van der Waals surface area (Å²) in [6, 6.07) is 9.50. The zero-order valence-electron chi connectivity index (χ0n) is 18.7. The maximum atomic E-state index is 13.6. The molecular formula is C24H28N4O4. The number of carbonyl (C=O) groups is 1. The number of amides is 1. The Labute approximate surface area is 188 Å². The minimum Gasteiger partial charge on any atom is -0.493 e. The molecule has 0 saturated carbocycles. The van der Waals surface area contributed by atoms with E-state index in [9.17, 15) is 10.1 Å². The summed E-state index contributed by atoms with van der Waals surface area (Å²) in [6.07, 6.45) is 3.53. The number of rotatable bonds is 7. The van der Waals surface area contributed by atoms with Crippen molar-refractivity contribution in [2.24, 2.45) is 0 Å². The SMILES string of the molecule is CCOc1cccc(OCC)c1C(=O)N1CC2CCC(C1)N2c1nccc(C#N)c1OC. The topological polar surface area (TPSA) is 87.9 Å². The van der Waals surface area contributed by atoms with E-state index in [0.29, 0.717) is 60.5 Å². The zero-order chi connectivity index (χ0) is 22.7. The fourth-order valence-corrected chi connectivity index (χ4v) is 4.76. The van der Waals surface area contributed by atoms with Crippen molar-refractivity contribution in [1.29, 1.82) is 5.26 Å². The van der Waals surface area contributed by atoms with Gasteiger partial charge >= 0.3 is 0 Å². The summed E-state index contributed by atoms with van der Waals surface area (Å²) in [4.78, 5) is 22.3. The van der Waals surface area contributed by atoms with Crippen molar-refractivity contribution in [2.45, 2.75) is 38.8 Å². The summed E-state index contributed by atoms with van der Waals surface area (Å²) in [6.45, 7) is 5.85. The number of carbonyl (C=O) groups excluding carboxylic acids is 1. The van der Waals surface area contributed by atoms with Crippen LogP contribution in [0.2, 0.25) is 0 Å². The van der Waals surface area contributed by atoms with Crippen LogP contribution in [-0.4, -0.2) is 61.3 Å². The molecule has 2 fully saturated rings. The molecule has 0 aliphatic carbocycles. The monoisotopic (exact) mass is 436 g/mol. The van der Waals surface area contributed by atoms with E-state index < -0.39 is 0 Å². The van der Waals surface area contributed by atoms with Gasteiger partial charge in [-0.3, -0.25) is 4.79 Å². The number of ether oxygens (including phenoxy) is 3. The van der Waals surface area contributed by atoms with Crippen LogP contribution in [0.15, 0.2) is 30.5 Å². The third-order valence-electron chi connectivity index (χ3n) is 6.03. The van der Waals surface area contributed by atoms with Crippen molar-refractivity contribution < 1.29 is 19.0 Å². The van der Waals surface area contributed by atoms with Crippen LogP contribution in [0, 0.1) is 11.3 Å². The molecule has 2 saturated heterocycles. The molecule has 2 unspecified atom stereocenters. The third kappa shape index (κ3) is 3.79. The molecule has 1 aromatic heterocycles. The first-order chi connectivity index (χ1) is 15.6. The van der Waals surface area contributed by atoms with Gasteiger partial charge in [0, 0.05) is 31.4 Å². The highest BCUT2D eigenvalue weighted by Gasteiger charge is 2.44. The summed E-state index contributed by atoms with van der Waals surface area (Å²) >= 11 is 0. The van der Waals surface area contributed by atoms with Gasteiger partial charge in [-0.1, -0.05) is 6.07 Å². The lowest BCUT2D eigenvalue weighted by Crippen LogP contribution is -2.56. The lowest BCUT2D eigenvalue weighted by atomic mass is 10.1. The average molecular weight is 437 g/mol. The van der Waals surface area contributed by atoms with Crippen LogP contribution in [0.3, 0.4) is 0 Å². The van der Waals surface area contributed by atoms with E-state index in [1.807, 2.05) is 36.9 Å².